The van der Waals surface area contributed by atoms with Crippen molar-refractivity contribution in [3.8, 4) is 0 Å². The fourth-order valence-corrected chi connectivity index (χ4v) is 4.23. The molecule has 0 amide bonds. The zero-order chi connectivity index (χ0) is 19.5. The van der Waals surface area contributed by atoms with Crippen LogP contribution < -0.4 is 5.73 Å². The third kappa shape index (κ3) is 3.00. The molecule has 0 saturated heterocycles. The molecule has 1 aromatic heterocycles. The van der Waals surface area contributed by atoms with Crippen LogP contribution in [0.5, 0.6) is 0 Å². The summed E-state index contributed by atoms with van der Waals surface area (Å²) in [7, 11) is -3.38. The third-order valence-electron chi connectivity index (χ3n) is 4.98. The first kappa shape index (κ1) is 18.0. The van der Waals surface area contributed by atoms with E-state index in [1.54, 1.807) is 10.6 Å². The summed E-state index contributed by atoms with van der Waals surface area (Å²) < 4.78 is 66.4. The molecule has 5 nitrogen and oxygen atoms in total. The Bertz CT molecular complexity index is 1170. The number of aromatic nitrogens is 2. The molecule has 2 heterocycles. The Morgan fingerprint density at radius 1 is 1.11 bits per heavy atom. The van der Waals surface area contributed by atoms with Gasteiger partial charge in [0.2, 0.25) is 0 Å². The van der Waals surface area contributed by atoms with E-state index in [1.807, 2.05) is 0 Å². The van der Waals surface area contributed by atoms with Crippen molar-refractivity contribution < 1.29 is 21.6 Å². The molecule has 9 heteroatoms. The van der Waals surface area contributed by atoms with Crippen molar-refractivity contribution in [2.45, 2.75) is 29.8 Å². The number of sulfone groups is 1. The Labute approximate surface area is 153 Å². The first-order chi connectivity index (χ1) is 12.6. The van der Waals surface area contributed by atoms with E-state index in [9.17, 15) is 21.6 Å². The fraction of sp³-hybridized carbons (Fsp3) is 0.278. The van der Waals surface area contributed by atoms with E-state index in [-0.39, 0.29) is 23.4 Å². The van der Waals surface area contributed by atoms with E-state index < -0.39 is 39.2 Å². The van der Waals surface area contributed by atoms with Gasteiger partial charge in [-0.25, -0.2) is 26.6 Å². The van der Waals surface area contributed by atoms with E-state index in [4.69, 9.17) is 5.73 Å². The predicted molar refractivity (Wildman–Crippen MR) is 93.6 cm³/mol. The number of rotatable bonds is 2. The molecule has 0 radical (unpaired) electrons. The maximum absolute atomic E-state index is 14.2. The molecular weight excluding hydrogens is 379 g/mol. The lowest BCUT2D eigenvalue weighted by Gasteiger charge is -2.30. The highest BCUT2D eigenvalue weighted by molar-refractivity contribution is 7.90. The van der Waals surface area contributed by atoms with Gasteiger partial charge in [0.15, 0.2) is 21.5 Å². The number of hydrogen-bond acceptors (Lipinski definition) is 4. The topological polar surface area (TPSA) is 78.0 Å². The van der Waals surface area contributed by atoms with Gasteiger partial charge < -0.3 is 10.3 Å². The second-order valence-corrected chi connectivity index (χ2v) is 8.84. The van der Waals surface area contributed by atoms with Gasteiger partial charge in [0.1, 0.15) is 11.6 Å². The molecule has 2 aromatic carbocycles. The van der Waals surface area contributed by atoms with Gasteiger partial charge in [-0.2, -0.15) is 0 Å². The number of nitrogens with two attached hydrogens (primary N) is 1. The van der Waals surface area contributed by atoms with Crippen molar-refractivity contribution in [1.29, 1.82) is 0 Å². The lowest BCUT2D eigenvalue weighted by atomic mass is 9.86. The van der Waals surface area contributed by atoms with Crippen molar-refractivity contribution in [3.63, 3.8) is 0 Å². The monoisotopic (exact) mass is 395 g/mol. The third-order valence-corrected chi connectivity index (χ3v) is 6.09. The van der Waals surface area contributed by atoms with Crippen molar-refractivity contribution in [2.75, 3.05) is 6.26 Å². The van der Waals surface area contributed by atoms with Crippen molar-refractivity contribution >= 4 is 20.9 Å². The van der Waals surface area contributed by atoms with Gasteiger partial charge in [0.05, 0.1) is 15.9 Å². The summed E-state index contributed by atoms with van der Waals surface area (Å²) in [4.78, 5) is 4.65. The maximum atomic E-state index is 14.2. The Balaban J connectivity index is 1.80. The number of fused-ring (bicyclic) bond motifs is 3. The standard InChI is InChI=1S/C18H16F3N3O2S/c1-27(25,26)9-2-3-16-17(4-9)24-8-15(22)11(6-18(24)23-16)10-5-13(20)14(21)7-12(10)19/h2-5,7,11,15H,6,8,22H2,1H3/t11?,15-/m0/s1. The molecule has 3 aromatic rings. The second-order valence-electron chi connectivity index (χ2n) is 6.82. The molecule has 1 aliphatic rings. The van der Waals surface area contributed by atoms with E-state index in [0.29, 0.717) is 22.9 Å². The molecular formula is C18H16F3N3O2S. The number of imidazole rings is 1. The summed E-state index contributed by atoms with van der Waals surface area (Å²) in [6, 6.07) is 5.41. The number of nitrogens with zero attached hydrogens (tertiary/aromatic N) is 2. The highest BCUT2D eigenvalue weighted by Gasteiger charge is 2.32. The Morgan fingerprint density at radius 3 is 2.52 bits per heavy atom. The first-order valence-corrected chi connectivity index (χ1v) is 10.1. The fourth-order valence-electron chi connectivity index (χ4n) is 3.59. The van der Waals surface area contributed by atoms with Crippen LogP contribution in [0.4, 0.5) is 13.2 Å². The molecule has 27 heavy (non-hydrogen) atoms. The number of halogens is 3. The molecule has 4 rings (SSSR count). The molecule has 2 atom stereocenters. The van der Waals surface area contributed by atoms with Gasteiger partial charge in [0, 0.05) is 37.2 Å². The predicted octanol–water partition coefficient (Wildman–Crippen LogP) is 2.52. The zero-order valence-electron chi connectivity index (χ0n) is 14.3. The molecule has 2 N–H and O–H groups in total. The molecule has 0 spiro atoms. The quantitative estimate of drug-likeness (QED) is 0.677. The SMILES string of the molecule is CS(=O)(=O)c1ccc2nc3n(c2c1)C[C@H](N)C(c1cc(F)c(F)cc1F)C3. The van der Waals surface area contributed by atoms with Crippen molar-refractivity contribution in [2.24, 2.45) is 5.73 Å². The van der Waals surface area contributed by atoms with E-state index in [2.05, 4.69) is 4.98 Å². The van der Waals surface area contributed by atoms with Crippen LogP contribution in [0.2, 0.25) is 0 Å². The number of benzene rings is 2. The summed E-state index contributed by atoms with van der Waals surface area (Å²) in [5.41, 5.74) is 7.43. The molecule has 142 valence electrons. The molecule has 0 fully saturated rings. The van der Waals surface area contributed by atoms with Crippen molar-refractivity contribution in [3.05, 3.63) is 59.2 Å². The van der Waals surface area contributed by atoms with Crippen LogP contribution in [0, 0.1) is 17.5 Å². The maximum Gasteiger partial charge on any atom is 0.175 e. The smallest absolute Gasteiger partial charge is 0.175 e. The minimum absolute atomic E-state index is 0.0107. The van der Waals surface area contributed by atoms with Crippen LogP contribution in [0.1, 0.15) is 17.3 Å². The van der Waals surface area contributed by atoms with Gasteiger partial charge in [-0.05, 0) is 29.8 Å². The molecule has 1 aliphatic heterocycles. The summed E-state index contributed by atoms with van der Waals surface area (Å²) in [6.45, 7) is 0.252. The summed E-state index contributed by atoms with van der Waals surface area (Å²) in [5, 5.41) is 0. The minimum atomic E-state index is -3.38. The highest BCUT2D eigenvalue weighted by atomic mass is 32.2. The van der Waals surface area contributed by atoms with Crippen LogP contribution in [-0.4, -0.2) is 30.3 Å². The van der Waals surface area contributed by atoms with Gasteiger partial charge in [-0.15, -0.1) is 0 Å². The molecule has 0 saturated carbocycles. The van der Waals surface area contributed by atoms with Crippen LogP contribution in [-0.2, 0) is 22.8 Å². The normalized spacial score (nSPS) is 20.0. The van der Waals surface area contributed by atoms with Gasteiger partial charge in [-0.3, -0.25) is 0 Å². The second kappa shape index (κ2) is 6.07. The van der Waals surface area contributed by atoms with Crippen LogP contribution in [0.15, 0.2) is 35.2 Å². The van der Waals surface area contributed by atoms with E-state index in [1.165, 1.54) is 12.1 Å². The zero-order valence-corrected chi connectivity index (χ0v) is 15.1. The van der Waals surface area contributed by atoms with Crippen LogP contribution in [0.3, 0.4) is 0 Å². The summed E-state index contributed by atoms with van der Waals surface area (Å²) >= 11 is 0. The summed E-state index contributed by atoms with van der Waals surface area (Å²) in [5.74, 6) is -3.21. The Kier molecular flexibility index (Phi) is 4.04. The molecule has 0 bridgehead atoms. The molecule has 1 unspecified atom stereocenters. The highest BCUT2D eigenvalue weighted by Crippen LogP contribution is 2.34. The average molecular weight is 395 g/mol. The largest absolute Gasteiger partial charge is 0.326 e. The first-order valence-electron chi connectivity index (χ1n) is 8.24. The van der Waals surface area contributed by atoms with Gasteiger partial charge in [-0.1, -0.05) is 0 Å². The summed E-state index contributed by atoms with van der Waals surface area (Å²) in [6.07, 6.45) is 1.35. The van der Waals surface area contributed by atoms with E-state index >= 15 is 0 Å². The van der Waals surface area contributed by atoms with Crippen molar-refractivity contribution in [1.82, 2.24) is 9.55 Å². The lowest BCUT2D eigenvalue weighted by molar-refractivity contribution is 0.391. The van der Waals surface area contributed by atoms with Gasteiger partial charge in [0.25, 0.3) is 0 Å². The number of hydrogen-bond donors (Lipinski definition) is 1. The van der Waals surface area contributed by atoms with Gasteiger partial charge >= 0.3 is 0 Å². The minimum Gasteiger partial charge on any atom is -0.326 e. The Morgan fingerprint density at radius 2 is 1.81 bits per heavy atom. The average Bonchev–Trinajstić information content (AvgIpc) is 2.93. The van der Waals surface area contributed by atoms with Crippen LogP contribution >= 0.6 is 0 Å². The Hall–Kier alpha value is -2.39. The molecule has 0 aliphatic carbocycles. The lowest BCUT2D eigenvalue weighted by Crippen LogP contribution is -2.39. The van der Waals surface area contributed by atoms with E-state index in [0.717, 1.165) is 12.3 Å². The van der Waals surface area contributed by atoms with Crippen LogP contribution in [0.25, 0.3) is 11.0 Å².